The van der Waals surface area contributed by atoms with Gasteiger partial charge in [-0.15, -0.1) is 0 Å². The molecule has 2 aromatic rings. The molecule has 0 atom stereocenters. The molecule has 1 N–H and O–H groups in total. The van der Waals surface area contributed by atoms with Crippen molar-refractivity contribution < 1.29 is 4.79 Å². The first kappa shape index (κ1) is 17.0. The van der Waals surface area contributed by atoms with Crippen LogP contribution in [0, 0.1) is 20.8 Å². The molecule has 0 spiro atoms. The van der Waals surface area contributed by atoms with Crippen LogP contribution in [0.4, 0.5) is 0 Å². The van der Waals surface area contributed by atoms with Gasteiger partial charge in [0.15, 0.2) is 0 Å². The monoisotopic (exact) mass is 345 g/mol. The smallest absolute Gasteiger partial charge is 0.224 e. The van der Waals surface area contributed by atoms with Gasteiger partial charge in [0.1, 0.15) is 0 Å². The molecule has 1 saturated carbocycles. The topological polar surface area (TPSA) is 46.9 Å². The molecule has 24 heavy (non-hydrogen) atoms. The summed E-state index contributed by atoms with van der Waals surface area (Å²) in [5.41, 5.74) is 4.86. The lowest BCUT2D eigenvalue weighted by molar-refractivity contribution is -0.121. The zero-order chi connectivity index (χ0) is 17.3. The van der Waals surface area contributed by atoms with Crippen LogP contribution in [0.3, 0.4) is 0 Å². The number of nitrogens with one attached hydrogen (secondary N) is 1. The van der Waals surface area contributed by atoms with Crippen molar-refractivity contribution in [3.8, 4) is 5.69 Å². The quantitative estimate of drug-likeness (QED) is 0.908. The Bertz CT molecular complexity index is 760. The van der Waals surface area contributed by atoms with Crippen molar-refractivity contribution in [1.82, 2.24) is 15.1 Å². The van der Waals surface area contributed by atoms with Gasteiger partial charge in [-0.25, -0.2) is 4.68 Å². The Morgan fingerprint density at radius 1 is 1.29 bits per heavy atom. The lowest BCUT2D eigenvalue weighted by atomic mass is 10.1. The summed E-state index contributed by atoms with van der Waals surface area (Å²) in [4.78, 5) is 12.3. The highest BCUT2D eigenvalue weighted by Crippen LogP contribution is 2.23. The summed E-state index contributed by atoms with van der Waals surface area (Å²) in [5, 5.41) is 8.49. The largest absolute Gasteiger partial charge is 0.353 e. The third-order valence-corrected chi connectivity index (χ3v) is 5.31. The van der Waals surface area contributed by atoms with Crippen LogP contribution in [-0.4, -0.2) is 21.7 Å². The van der Waals surface area contributed by atoms with Gasteiger partial charge in [-0.1, -0.05) is 30.5 Å². The number of halogens is 1. The number of hydrogen-bond donors (Lipinski definition) is 1. The molecule has 5 heteroatoms. The zero-order valence-electron chi connectivity index (χ0n) is 14.5. The Morgan fingerprint density at radius 2 is 2.00 bits per heavy atom. The van der Waals surface area contributed by atoms with Crippen molar-refractivity contribution in [1.29, 1.82) is 0 Å². The number of hydrogen-bond acceptors (Lipinski definition) is 2. The fraction of sp³-hybridized carbons (Fsp3) is 0.474. The van der Waals surface area contributed by atoms with Crippen molar-refractivity contribution in [3.05, 3.63) is 45.7 Å². The summed E-state index contributed by atoms with van der Waals surface area (Å²) in [6.07, 6.45) is 5.02. The number of aromatic nitrogens is 2. The predicted octanol–water partition coefficient (Wildman–Crippen LogP) is 4.05. The minimum absolute atomic E-state index is 0.0922. The summed E-state index contributed by atoms with van der Waals surface area (Å²) in [5.74, 6) is 0.0922. The number of rotatable bonds is 4. The molecule has 3 rings (SSSR count). The van der Waals surface area contributed by atoms with E-state index in [2.05, 4.69) is 10.4 Å². The minimum Gasteiger partial charge on any atom is -0.353 e. The molecule has 1 heterocycles. The molecular formula is C19H24ClN3O. The molecule has 0 saturated heterocycles. The second-order valence-electron chi connectivity index (χ2n) is 6.72. The third kappa shape index (κ3) is 3.48. The van der Waals surface area contributed by atoms with E-state index in [1.54, 1.807) is 0 Å². The van der Waals surface area contributed by atoms with Gasteiger partial charge in [0, 0.05) is 22.3 Å². The van der Waals surface area contributed by atoms with Gasteiger partial charge in [-0.3, -0.25) is 4.79 Å². The molecule has 1 aromatic heterocycles. The molecule has 4 nitrogen and oxygen atoms in total. The molecule has 1 aliphatic carbocycles. The maximum atomic E-state index is 12.3. The first-order valence-corrected chi connectivity index (χ1v) is 8.94. The second kappa shape index (κ2) is 6.98. The molecule has 1 fully saturated rings. The van der Waals surface area contributed by atoms with Crippen LogP contribution in [0.2, 0.25) is 5.02 Å². The Labute approximate surface area is 148 Å². The van der Waals surface area contributed by atoms with Gasteiger partial charge in [0.05, 0.1) is 17.8 Å². The lowest BCUT2D eigenvalue weighted by Crippen LogP contribution is -2.33. The minimum atomic E-state index is 0.0922. The number of carbonyl (C=O) groups is 1. The molecule has 128 valence electrons. The van der Waals surface area contributed by atoms with Gasteiger partial charge in [0.25, 0.3) is 0 Å². The molecule has 1 aromatic carbocycles. The van der Waals surface area contributed by atoms with Gasteiger partial charge in [-0.2, -0.15) is 5.10 Å². The fourth-order valence-electron chi connectivity index (χ4n) is 3.41. The van der Waals surface area contributed by atoms with Crippen molar-refractivity contribution >= 4 is 17.5 Å². The van der Waals surface area contributed by atoms with Crippen molar-refractivity contribution in [2.75, 3.05) is 0 Å². The van der Waals surface area contributed by atoms with Gasteiger partial charge < -0.3 is 5.32 Å². The second-order valence-corrected chi connectivity index (χ2v) is 7.13. The highest BCUT2D eigenvalue weighted by molar-refractivity contribution is 6.31. The van der Waals surface area contributed by atoms with Gasteiger partial charge >= 0.3 is 0 Å². The first-order valence-electron chi connectivity index (χ1n) is 8.56. The van der Waals surface area contributed by atoms with E-state index in [9.17, 15) is 4.79 Å². The lowest BCUT2D eigenvalue weighted by Gasteiger charge is -2.12. The highest BCUT2D eigenvalue weighted by atomic mass is 35.5. The van der Waals surface area contributed by atoms with E-state index in [1.165, 1.54) is 12.8 Å². The highest BCUT2D eigenvalue weighted by Gasteiger charge is 2.20. The Morgan fingerprint density at radius 3 is 2.67 bits per heavy atom. The summed E-state index contributed by atoms with van der Waals surface area (Å²) >= 11 is 6.24. The van der Waals surface area contributed by atoms with Crippen LogP contribution in [0.1, 0.15) is 48.2 Å². The van der Waals surface area contributed by atoms with E-state index >= 15 is 0 Å². The Kier molecular flexibility index (Phi) is 4.95. The number of benzene rings is 1. The zero-order valence-corrected chi connectivity index (χ0v) is 15.3. The molecule has 1 aliphatic rings. The summed E-state index contributed by atoms with van der Waals surface area (Å²) < 4.78 is 1.87. The van der Waals surface area contributed by atoms with Gasteiger partial charge in [-0.05, 0) is 51.3 Å². The van der Waals surface area contributed by atoms with Crippen LogP contribution in [0.25, 0.3) is 5.69 Å². The molecule has 0 aliphatic heterocycles. The third-order valence-electron chi connectivity index (χ3n) is 4.90. The number of aryl methyl sites for hydroxylation is 2. The summed E-state index contributed by atoms with van der Waals surface area (Å²) in [6.45, 7) is 5.94. The average molecular weight is 346 g/mol. The first-order chi connectivity index (χ1) is 11.5. The molecule has 0 bridgehead atoms. The average Bonchev–Trinajstić information content (AvgIpc) is 3.13. The summed E-state index contributed by atoms with van der Waals surface area (Å²) in [6, 6.07) is 6.26. The molecule has 0 unspecified atom stereocenters. The van der Waals surface area contributed by atoms with Crippen molar-refractivity contribution in [2.45, 2.75) is 58.9 Å². The number of nitrogens with zero attached hydrogens (tertiary/aromatic N) is 2. The molecular weight excluding hydrogens is 322 g/mol. The van der Waals surface area contributed by atoms with Crippen LogP contribution < -0.4 is 5.32 Å². The normalized spacial score (nSPS) is 15.0. The SMILES string of the molecule is Cc1ccc(-n2nc(C)c(CC(=O)NC3CCCC3)c2C)cc1Cl. The van der Waals surface area contributed by atoms with Crippen molar-refractivity contribution in [2.24, 2.45) is 0 Å². The summed E-state index contributed by atoms with van der Waals surface area (Å²) in [7, 11) is 0. The van der Waals surface area contributed by atoms with E-state index in [-0.39, 0.29) is 5.91 Å². The molecule has 0 radical (unpaired) electrons. The van der Waals surface area contributed by atoms with Crippen LogP contribution in [0.15, 0.2) is 18.2 Å². The fourth-order valence-corrected chi connectivity index (χ4v) is 3.58. The van der Waals surface area contributed by atoms with Crippen LogP contribution in [-0.2, 0) is 11.2 Å². The van der Waals surface area contributed by atoms with Crippen LogP contribution >= 0.6 is 11.6 Å². The number of amides is 1. The maximum absolute atomic E-state index is 12.3. The number of carbonyl (C=O) groups excluding carboxylic acids is 1. The molecule has 1 amide bonds. The van der Waals surface area contributed by atoms with E-state index < -0.39 is 0 Å². The van der Waals surface area contributed by atoms with Crippen LogP contribution in [0.5, 0.6) is 0 Å². The standard InChI is InChI=1S/C19H24ClN3O/c1-12-8-9-16(10-18(12)20)23-14(3)17(13(2)22-23)11-19(24)21-15-6-4-5-7-15/h8-10,15H,4-7,11H2,1-3H3,(H,21,24). The maximum Gasteiger partial charge on any atom is 0.224 e. The van der Waals surface area contributed by atoms with E-state index in [4.69, 9.17) is 11.6 Å². The Hall–Kier alpha value is -1.81. The predicted molar refractivity (Wildman–Crippen MR) is 96.9 cm³/mol. The van der Waals surface area contributed by atoms with E-state index in [0.717, 1.165) is 46.1 Å². The van der Waals surface area contributed by atoms with E-state index in [1.807, 2.05) is 43.7 Å². The van der Waals surface area contributed by atoms with Gasteiger partial charge in [0.2, 0.25) is 5.91 Å². The van der Waals surface area contributed by atoms with E-state index in [0.29, 0.717) is 12.5 Å². The Balaban J connectivity index is 1.80. The van der Waals surface area contributed by atoms with Crippen molar-refractivity contribution in [3.63, 3.8) is 0 Å².